The van der Waals surface area contributed by atoms with E-state index in [0.29, 0.717) is 23.7 Å². The fraction of sp³-hybridized carbons (Fsp3) is 0.538. The van der Waals surface area contributed by atoms with Crippen molar-refractivity contribution in [2.75, 3.05) is 6.61 Å². The van der Waals surface area contributed by atoms with Crippen LogP contribution in [0.25, 0.3) is 0 Å². The molecule has 1 aromatic carbocycles. The number of thiol groups is 1. The van der Waals surface area contributed by atoms with E-state index in [9.17, 15) is 4.39 Å². The lowest BCUT2D eigenvalue weighted by Gasteiger charge is -2.05. The van der Waals surface area contributed by atoms with Gasteiger partial charge < -0.3 is 4.74 Å². The van der Waals surface area contributed by atoms with Crippen LogP contribution in [0.15, 0.2) is 23.1 Å². The molecule has 0 unspecified atom stereocenters. The molecule has 0 aliphatic carbocycles. The average Bonchev–Trinajstić information content (AvgIpc) is 2.26. The Bertz CT molecular complexity index is 315. The zero-order valence-electron chi connectivity index (χ0n) is 9.71. The van der Waals surface area contributed by atoms with Crippen molar-refractivity contribution in [1.82, 2.24) is 0 Å². The molecule has 0 saturated carbocycles. The van der Waals surface area contributed by atoms with Crippen molar-refractivity contribution in [3.63, 3.8) is 0 Å². The highest BCUT2D eigenvalue weighted by atomic mass is 32.1. The molecule has 0 radical (unpaired) electrons. The topological polar surface area (TPSA) is 9.23 Å². The number of hydrogen-bond donors (Lipinski definition) is 1. The minimum absolute atomic E-state index is 0.235. The smallest absolute Gasteiger partial charge is 0.129 e. The van der Waals surface area contributed by atoms with Gasteiger partial charge >= 0.3 is 0 Å². The molecule has 1 nitrogen and oxygen atoms in total. The molecule has 0 aromatic heterocycles. The highest BCUT2D eigenvalue weighted by Gasteiger charge is 2.02. The van der Waals surface area contributed by atoms with Crippen LogP contribution < -0.4 is 0 Å². The highest BCUT2D eigenvalue weighted by Crippen LogP contribution is 2.14. The fourth-order valence-corrected chi connectivity index (χ4v) is 1.65. The summed E-state index contributed by atoms with van der Waals surface area (Å²) in [6, 6.07) is 4.92. The second-order valence-corrected chi connectivity index (χ2v) is 4.41. The molecule has 0 fully saturated rings. The third-order valence-corrected chi connectivity index (χ3v) is 2.71. The van der Waals surface area contributed by atoms with Crippen LogP contribution in [0.3, 0.4) is 0 Å². The fourth-order valence-electron chi connectivity index (χ4n) is 1.47. The van der Waals surface area contributed by atoms with Gasteiger partial charge in [-0.2, -0.15) is 0 Å². The van der Waals surface area contributed by atoms with Crippen LogP contribution in [0.1, 0.15) is 38.2 Å². The van der Waals surface area contributed by atoms with Gasteiger partial charge in [0.05, 0.1) is 6.61 Å². The summed E-state index contributed by atoms with van der Waals surface area (Å²) in [6.45, 7) is 3.24. The predicted octanol–water partition coefficient (Wildman–Crippen LogP) is 4.21. The van der Waals surface area contributed by atoms with Crippen LogP contribution >= 0.6 is 12.6 Å². The van der Waals surface area contributed by atoms with Gasteiger partial charge in [0, 0.05) is 17.1 Å². The number of unbranched alkanes of at least 4 members (excludes halogenated alkanes) is 3. The van der Waals surface area contributed by atoms with Crippen LogP contribution in [-0.2, 0) is 11.3 Å². The van der Waals surface area contributed by atoms with Crippen LogP contribution in [0.2, 0.25) is 0 Å². The van der Waals surface area contributed by atoms with Gasteiger partial charge in [0.25, 0.3) is 0 Å². The minimum Gasteiger partial charge on any atom is -0.377 e. The molecule has 0 atom stereocenters. The number of halogens is 1. The lowest BCUT2D eigenvalue weighted by molar-refractivity contribution is 0.114. The van der Waals surface area contributed by atoms with Crippen molar-refractivity contribution < 1.29 is 9.13 Å². The summed E-state index contributed by atoms with van der Waals surface area (Å²) < 4.78 is 18.8. The normalized spacial score (nSPS) is 10.7. The largest absolute Gasteiger partial charge is 0.377 e. The average molecular weight is 242 g/mol. The second kappa shape index (κ2) is 7.69. The molecule has 0 spiro atoms. The van der Waals surface area contributed by atoms with Gasteiger partial charge in [0.2, 0.25) is 0 Å². The van der Waals surface area contributed by atoms with Gasteiger partial charge in [-0.25, -0.2) is 4.39 Å². The third-order valence-electron chi connectivity index (χ3n) is 2.44. The molecule has 1 rings (SSSR count). The molecule has 0 N–H and O–H groups in total. The molecule has 0 aliphatic heterocycles. The number of benzene rings is 1. The first-order valence-electron chi connectivity index (χ1n) is 5.79. The zero-order chi connectivity index (χ0) is 11.8. The second-order valence-electron chi connectivity index (χ2n) is 3.89. The van der Waals surface area contributed by atoms with Crippen LogP contribution in [0.5, 0.6) is 0 Å². The molecular formula is C13H19FOS. The van der Waals surface area contributed by atoms with Crippen molar-refractivity contribution in [3.8, 4) is 0 Å². The van der Waals surface area contributed by atoms with Crippen molar-refractivity contribution >= 4 is 12.6 Å². The molecule has 0 heterocycles. The monoisotopic (exact) mass is 242 g/mol. The van der Waals surface area contributed by atoms with Crippen LogP contribution in [0, 0.1) is 5.82 Å². The summed E-state index contributed by atoms with van der Waals surface area (Å²) in [6.07, 6.45) is 4.71. The molecule has 0 aliphatic rings. The van der Waals surface area contributed by atoms with Crippen molar-refractivity contribution in [2.24, 2.45) is 0 Å². The van der Waals surface area contributed by atoms with Gasteiger partial charge in [-0.15, -0.1) is 12.6 Å². The summed E-state index contributed by atoms with van der Waals surface area (Å²) in [5.74, 6) is -0.235. The molecule has 3 heteroatoms. The summed E-state index contributed by atoms with van der Waals surface area (Å²) in [4.78, 5) is 0.643. The first-order valence-corrected chi connectivity index (χ1v) is 6.24. The quantitative estimate of drug-likeness (QED) is 0.556. The van der Waals surface area contributed by atoms with E-state index in [4.69, 9.17) is 4.74 Å². The first kappa shape index (κ1) is 13.5. The van der Waals surface area contributed by atoms with Gasteiger partial charge in [-0.1, -0.05) is 32.3 Å². The lowest BCUT2D eigenvalue weighted by atomic mass is 10.2. The minimum atomic E-state index is -0.235. The summed E-state index contributed by atoms with van der Waals surface area (Å²) >= 11 is 4.07. The van der Waals surface area contributed by atoms with Crippen LogP contribution in [-0.4, -0.2) is 6.61 Å². The van der Waals surface area contributed by atoms with Gasteiger partial charge in [0.15, 0.2) is 0 Å². The maximum atomic E-state index is 13.4. The van der Waals surface area contributed by atoms with E-state index in [2.05, 4.69) is 19.6 Å². The molecule has 90 valence electrons. The maximum Gasteiger partial charge on any atom is 0.129 e. The van der Waals surface area contributed by atoms with Crippen LogP contribution in [0.4, 0.5) is 4.39 Å². The van der Waals surface area contributed by atoms with Gasteiger partial charge in [-0.05, 0) is 18.6 Å². The van der Waals surface area contributed by atoms with Gasteiger partial charge in [0.1, 0.15) is 5.82 Å². The molecule has 0 bridgehead atoms. The van der Waals surface area contributed by atoms with Crippen molar-refractivity contribution in [1.29, 1.82) is 0 Å². The molecule has 1 aromatic rings. The zero-order valence-corrected chi connectivity index (χ0v) is 10.6. The molecule has 0 amide bonds. The number of ether oxygens (including phenoxy) is 1. The Morgan fingerprint density at radius 3 is 2.75 bits per heavy atom. The van der Waals surface area contributed by atoms with E-state index in [1.54, 1.807) is 12.1 Å². The van der Waals surface area contributed by atoms with E-state index in [0.717, 1.165) is 6.42 Å². The Labute approximate surface area is 102 Å². The van der Waals surface area contributed by atoms with Gasteiger partial charge in [-0.3, -0.25) is 0 Å². The molecule has 0 saturated heterocycles. The summed E-state index contributed by atoms with van der Waals surface area (Å²) in [5.41, 5.74) is 0.605. The Hall–Kier alpha value is -0.540. The van der Waals surface area contributed by atoms with Crippen molar-refractivity contribution in [2.45, 2.75) is 44.1 Å². The maximum absolute atomic E-state index is 13.4. The van der Waals surface area contributed by atoms with Crippen molar-refractivity contribution in [3.05, 3.63) is 29.6 Å². The lowest BCUT2D eigenvalue weighted by Crippen LogP contribution is -1.98. The van der Waals surface area contributed by atoms with E-state index in [-0.39, 0.29) is 5.82 Å². The Morgan fingerprint density at radius 2 is 2.06 bits per heavy atom. The predicted molar refractivity (Wildman–Crippen MR) is 67.5 cm³/mol. The standard InChI is InChI=1S/C13H19FOS/c1-2-3-4-5-8-15-10-11-6-7-12(16)9-13(11)14/h6-7,9,16H,2-5,8,10H2,1H3. The molecular weight excluding hydrogens is 223 g/mol. The van der Waals surface area contributed by atoms with E-state index in [1.807, 2.05) is 0 Å². The molecule has 16 heavy (non-hydrogen) atoms. The Kier molecular flexibility index (Phi) is 6.50. The van der Waals surface area contributed by atoms with E-state index < -0.39 is 0 Å². The SMILES string of the molecule is CCCCCCOCc1ccc(S)cc1F. The summed E-state index contributed by atoms with van der Waals surface area (Å²) in [7, 11) is 0. The Balaban J connectivity index is 2.21. The number of hydrogen-bond acceptors (Lipinski definition) is 2. The highest BCUT2D eigenvalue weighted by molar-refractivity contribution is 7.80. The summed E-state index contributed by atoms with van der Waals surface area (Å²) in [5, 5.41) is 0. The van der Waals surface area contributed by atoms with E-state index >= 15 is 0 Å². The third kappa shape index (κ3) is 4.99. The number of rotatable bonds is 7. The first-order chi connectivity index (χ1) is 7.74. The Morgan fingerprint density at radius 1 is 1.25 bits per heavy atom. The van der Waals surface area contributed by atoms with E-state index in [1.165, 1.54) is 25.3 Å².